The average Bonchev–Trinajstić information content (AvgIpc) is 3.46. The molecular weight excluding hydrogens is 388 g/mol. The fourth-order valence-electron chi connectivity index (χ4n) is 3.76. The number of hydrogen-bond donors (Lipinski definition) is 4. The van der Waals surface area contributed by atoms with Gasteiger partial charge >= 0.3 is 0 Å². The minimum absolute atomic E-state index is 0.251. The molecule has 2 heterocycles. The second-order valence-corrected chi connectivity index (χ2v) is 8.19. The molecule has 2 aliphatic rings. The van der Waals surface area contributed by atoms with Crippen molar-refractivity contribution in [3.63, 3.8) is 0 Å². The first kappa shape index (κ1) is 23.2. The van der Waals surface area contributed by atoms with Gasteiger partial charge in [-0.05, 0) is 49.9 Å². The predicted molar refractivity (Wildman–Crippen MR) is 111 cm³/mol. The van der Waals surface area contributed by atoms with Crippen molar-refractivity contribution in [2.45, 2.75) is 50.1 Å². The van der Waals surface area contributed by atoms with Crippen LogP contribution in [0.2, 0.25) is 0 Å². The second-order valence-electron chi connectivity index (χ2n) is 8.19. The van der Waals surface area contributed by atoms with E-state index in [0.29, 0.717) is 36.8 Å². The molecule has 1 aromatic rings. The molecule has 3 rings (SSSR count). The van der Waals surface area contributed by atoms with Gasteiger partial charge in [0.2, 0.25) is 0 Å². The van der Waals surface area contributed by atoms with Crippen molar-refractivity contribution in [1.29, 1.82) is 0 Å². The van der Waals surface area contributed by atoms with Gasteiger partial charge < -0.3 is 39.8 Å². The summed E-state index contributed by atoms with van der Waals surface area (Å²) in [7, 11) is 0. The van der Waals surface area contributed by atoms with E-state index < -0.39 is 12.2 Å². The maximum atomic E-state index is 10.1. The van der Waals surface area contributed by atoms with E-state index in [4.69, 9.17) is 18.9 Å². The van der Waals surface area contributed by atoms with Crippen LogP contribution in [0, 0.1) is 0 Å². The van der Waals surface area contributed by atoms with Crippen LogP contribution in [0.4, 0.5) is 0 Å². The number of rotatable bonds is 14. The van der Waals surface area contributed by atoms with E-state index in [2.05, 4.69) is 10.6 Å². The number of benzene rings is 1. The highest BCUT2D eigenvalue weighted by molar-refractivity contribution is 5.31. The van der Waals surface area contributed by atoms with Gasteiger partial charge in [-0.3, -0.25) is 0 Å². The van der Waals surface area contributed by atoms with Crippen molar-refractivity contribution in [2.75, 3.05) is 52.6 Å². The Hall–Kier alpha value is -1.42. The molecule has 0 spiro atoms. The van der Waals surface area contributed by atoms with Gasteiger partial charge in [0.25, 0.3) is 0 Å². The van der Waals surface area contributed by atoms with E-state index in [9.17, 15) is 10.2 Å². The number of aliphatic hydroxyl groups is 2. The Morgan fingerprint density at radius 2 is 1.23 bits per heavy atom. The second kappa shape index (κ2) is 13.1. The van der Waals surface area contributed by atoms with E-state index in [0.717, 1.165) is 52.0 Å². The molecule has 8 nitrogen and oxygen atoms in total. The van der Waals surface area contributed by atoms with Crippen molar-refractivity contribution < 1.29 is 39.8 Å². The van der Waals surface area contributed by atoms with Crippen LogP contribution in [0.15, 0.2) is 24.3 Å². The maximum absolute atomic E-state index is 10.1. The van der Waals surface area contributed by atoms with Gasteiger partial charge in [0.1, 0.15) is 75.3 Å². The highest BCUT2D eigenvalue weighted by atomic mass is 16.5. The number of hydrogen-bond acceptors (Lipinski definition) is 6. The number of aliphatic hydroxyl groups excluding tert-OH is 2. The van der Waals surface area contributed by atoms with E-state index in [1.165, 1.54) is 0 Å². The Kier molecular flexibility index (Phi) is 10.1. The summed E-state index contributed by atoms with van der Waals surface area (Å²) >= 11 is 0. The van der Waals surface area contributed by atoms with Gasteiger partial charge in [-0.15, -0.1) is 0 Å². The molecule has 0 aliphatic carbocycles. The van der Waals surface area contributed by atoms with Crippen LogP contribution in [0.5, 0.6) is 11.5 Å². The third kappa shape index (κ3) is 8.75. The van der Waals surface area contributed by atoms with Crippen molar-refractivity contribution in [3.05, 3.63) is 24.3 Å². The Balaban J connectivity index is 1.23. The fourth-order valence-corrected chi connectivity index (χ4v) is 3.76. The van der Waals surface area contributed by atoms with Crippen LogP contribution in [0.1, 0.15) is 25.7 Å². The lowest BCUT2D eigenvalue weighted by Crippen LogP contribution is -2.88. The van der Waals surface area contributed by atoms with Gasteiger partial charge in [-0.2, -0.15) is 0 Å². The standard InChI is InChI=1S/C22H36N2O6/c25-17(11-23-13-21-3-1-9-27-21)15-29-19-5-7-20(8-6-19)30-16-18(26)12-24-14-22-4-2-10-28-22/h5-8,17-18,21-26H,1-4,9-16H2/p+2/t17-,18+,21+,22-. The molecule has 30 heavy (non-hydrogen) atoms. The van der Waals surface area contributed by atoms with Crippen LogP contribution < -0.4 is 20.1 Å². The van der Waals surface area contributed by atoms with E-state index in [1.54, 1.807) is 0 Å². The smallest absolute Gasteiger partial charge is 0.137 e. The first-order valence-corrected chi connectivity index (χ1v) is 11.3. The molecule has 0 bridgehead atoms. The molecule has 0 saturated carbocycles. The molecule has 0 radical (unpaired) electrons. The van der Waals surface area contributed by atoms with E-state index in [1.807, 2.05) is 24.3 Å². The summed E-state index contributed by atoms with van der Waals surface area (Å²) in [5, 5.41) is 24.3. The largest absolute Gasteiger partial charge is 0.491 e. The SMILES string of the molecule is O[C@H](C[NH2+]C[C@@H]1CCCO1)COc1ccc(OC[C@@H](O)C[NH2+]C[C@H]2CCCO2)cc1. The molecule has 2 aliphatic heterocycles. The number of quaternary nitrogens is 2. The summed E-state index contributed by atoms with van der Waals surface area (Å²) in [6.45, 7) is 5.20. The first-order chi connectivity index (χ1) is 14.7. The number of ether oxygens (including phenoxy) is 4. The summed E-state index contributed by atoms with van der Waals surface area (Å²) in [6.07, 6.45) is 4.09. The zero-order valence-electron chi connectivity index (χ0n) is 17.8. The van der Waals surface area contributed by atoms with Crippen molar-refractivity contribution >= 4 is 0 Å². The van der Waals surface area contributed by atoms with Gasteiger partial charge in [-0.25, -0.2) is 0 Å². The molecule has 4 atom stereocenters. The Morgan fingerprint density at radius 3 is 1.60 bits per heavy atom. The van der Waals surface area contributed by atoms with Gasteiger partial charge in [-0.1, -0.05) is 0 Å². The summed E-state index contributed by atoms with van der Waals surface area (Å²) in [5.41, 5.74) is 0. The number of nitrogens with two attached hydrogens (primary N) is 2. The molecule has 0 unspecified atom stereocenters. The van der Waals surface area contributed by atoms with Gasteiger partial charge in [0, 0.05) is 13.2 Å². The minimum atomic E-state index is -0.525. The van der Waals surface area contributed by atoms with Crippen LogP contribution >= 0.6 is 0 Å². The lowest BCUT2D eigenvalue weighted by atomic mass is 10.2. The Labute approximate surface area is 178 Å². The van der Waals surface area contributed by atoms with Crippen LogP contribution in [0.3, 0.4) is 0 Å². The third-order valence-electron chi connectivity index (χ3n) is 5.49. The highest BCUT2D eigenvalue weighted by Crippen LogP contribution is 2.18. The van der Waals surface area contributed by atoms with Crippen LogP contribution in [-0.2, 0) is 9.47 Å². The van der Waals surface area contributed by atoms with E-state index in [-0.39, 0.29) is 13.2 Å². The fraction of sp³-hybridized carbons (Fsp3) is 0.727. The van der Waals surface area contributed by atoms with Crippen molar-refractivity contribution in [1.82, 2.24) is 0 Å². The summed E-state index contributed by atoms with van der Waals surface area (Å²) in [5.74, 6) is 1.37. The lowest BCUT2D eigenvalue weighted by molar-refractivity contribution is -0.666. The molecule has 170 valence electrons. The third-order valence-corrected chi connectivity index (χ3v) is 5.49. The Bertz CT molecular complexity index is 524. The zero-order chi connectivity index (χ0) is 21.0. The first-order valence-electron chi connectivity index (χ1n) is 11.3. The molecule has 2 saturated heterocycles. The van der Waals surface area contributed by atoms with Gasteiger partial charge in [0.05, 0.1) is 0 Å². The molecule has 0 aromatic heterocycles. The molecule has 0 amide bonds. The summed E-state index contributed by atoms with van der Waals surface area (Å²) in [6, 6.07) is 7.25. The van der Waals surface area contributed by atoms with Crippen molar-refractivity contribution in [2.24, 2.45) is 0 Å². The molecular formula is C22H38N2O6+2. The normalized spacial score (nSPS) is 23.4. The maximum Gasteiger partial charge on any atom is 0.137 e. The van der Waals surface area contributed by atoms with Gasteiger partial charge in [0.15, 0.2) is 0 Å². The Morgan fingerprint density at radius 1 is 0.800 bits per heavy atom. The summed E-state index contributed by atoms with van der Waals surface area (Å²) < 4.78 is 22.4. The average molecular weight is 427 g/mol. The topological polar surface area (TPSA) is 111 Å². The summed E-state index contributed by atoms with van der Waals surface area (Å²) in [4.78, 5) is 0. The zero-order valence-corrected chi connectivity index (χ0v) is 17.8. The molecule has 8 heteroatoms. The van der Waals surface area contributed by atoms with E-state index >= 15 is 0 Å². The quantitative estimate of drug-likeness (QED) is 0.293. The predicted octanol–water partition coefficient (Wildman–Crippen LogP) is -1.35. The highest BCUT2D eigenvalue weighted by Gasteiger charge is 2.19. The molecule has 1 aromatic carbocycles. The van der Waals surface area contributed by atoms with Crippen LogP contribution in [-0.4, -0.2) is 87.2 Å². The van der Waals surface area contributed by atoms with Crippen LogP contribution in [0.25, 0.3) is 0 Å². The lowest BCUT2D eigenvalue weighted by Gasteiger charge is -2.14. The molecule has 6 N–H and O–H groups in total. The minimum Gasteiger partial charge on any atom is -0.491 e. The van der Waals surface area contributed by atoms with Crippen molar-refractivity contribution in [3.8, 4) is 11.5 Å². The molecule has 2 fully saturated rings. The monoisotopic (exact) mass is 426 g/mol.